The highest BCUT2D eigenvalue weighted by Crippen LogP contribution is 2.16. The van der Waals surface area contributed by atoms with Gasteiger partial charge in [0.05, 0.1) is 7.11 Å². The Morgan fingerprint density at radius 3 is 2.33 bits per heavy atom. The summed E-state index contributed by atoms with van der Waals surface area (Å²) in [6.45, 7) is 3.39. The van der Waals surface area contributed by atoms with E-state index in [0.29, 0.717) is 5.69 Å². The molecule has 0 bridgehead atoms. The zero-order valence-corrected chi connectivity index (χ0v) is 9.00. The van der Waals surface area contributed by atoms with Crippen LogP contribution < -0.4 is 5.32 Å². The van der Waals surface area contributed by atoms with Gasteiger partial charge in [0.1, 0.15) is 11.4 Å². The molecule has 0 atom stereocenters. The van der Waals surface area contributed by atoms with E-state index < -0.39 is 5.54 Å². The summed E-state index contributed by atoms with van der Waals surface area (Å²) in [5, 5.41) is 2.95. The summed E-state index contributed by atoms with van der Waals surface area (Å²) >= 11 is 0. The van der Waals surface area contributed by atoms with Gasteiger partial charge in [-0.2, -0.15) is 0 Å². The second-order valence-corrected chi connectivity index (χ2v) is 3.75. The molecule has 0 fully saturated rings. The van der Waals surface area contributed by atoms with Gasteiger partial charge in [0, 0.05) is 5.69 Å². The first kappa shape index (κ1) is 11.5. The third-order valence-electron chi connectivity index (χ3n) is 2.00. The standard InChI is InChI=1S/C11H14FNO2/c1-11(2,10(14)15-3)13-9-6-4-8(12)5-7-9/h4-7,13H,1-3H3. The van der Waals surface area contributed by atoms with E-state index >= 15 is 0 Å². The van der Waals surface area contributed by atoms with E-state index in [1.54, 1.807) is 26.0 Å². The van der Waals surface area contributed by atoms with Crippen LogP contribution in [0, 0.1) is 5.82 Å². The summed E-state index contributed by atoms with van der Waals surface area (Å²) in [6, 6.07) is 5.80. The van der Waals surface area contributed by atoms with Gasteiger partial charge >= 0.3 is 5.97 Å². The highest BCUT2D eigenvalue weighted by molar-refractivity contribution is 5.83. The Morgan fingerprint density at radius 1 is 1.33 bits per heavy atom. The molecule has 0 aliphatic heterocycles. The molecule has 3 nitrogen and oxygen atoms in total. The maximum Gasteiger partial charge on any atom is 0.330 e. The maximum atomic E-state index is 12.6. The van der Waals surface area contributed by atoms with Crippen LogP contribution in [-0.2, 0) is 9.53 Å². The van der Waals surface area contributed by atoms with Gasteiger partial charge in [0.25, 0.3) is 0 Å². The second kappa shape index (κ2) is 4.29. The Balaban J connectivity index is 2.77. The summed E-state index contributed by atoms with van der Waals surface area (Å²) in [7, 11) is 1.33. The van der Waals surface area contributed by atoms with Crippen molar-refractivity contribution in [1.29, 1.82) is 0 Å². The molecule has 4 heteroatoms. The highest BCUT2D eigenvalue weighted by Gasteiger charge is 2.28. The molecule has 0 aliphatic rings. The number of ether oxygens (including phenoxy) is 1. The number of anilines is 1. The van der Waals surface area contributed by atoms with Crippen LogP contribution in [0.15, 0.2) is 24.3 Å². The fourth-order valence-corrected chi connectivity index (χ4v) is 1.20. The topological polar surface area (TPSA) is 38.3 Å². The quantitative estimate of drug-likeness (QED) is 0.779. The van der Waals surface area contributed by atoms with E-state index in [1.165, 1.54) is 19.2 Å². The predicted molar refractivity (Wildman–Crippen MR) is 56.1 cm³/mol. The monoisotopic (exact) mass is 211 g/mol. The van der Waals surface area contributed by atoms with E-state index in [1.807, 2.05) is 0 Å². The lowest BCUT2D eigenvalue weighted by Gasteiger charge is -2.24. The summed E-state index contributed by atoms with van der Waals surface area (Å²) in [5.41, 5.74) is -0.154. The molecule has 0 spiro atoms. The number of carbonyl (C=O) groups is 1. The molecule has 0 heterocycles. The number of halogens is 1. The van der Waals surface area contributed by atoms with Gasteiger partial charge in [-0.15, -0.1) is 0 Å². The van der Waals surface area contributed by atoms with Crippen LogP contribution >= 0.6 is 0 Å². The smallest absolute Gasteiger partial charge is 0.330 e. The number of methoxy groups -OCH3 is 1. The van der Waals surface area contributed by atoms with Crippen molar-refractivity contribution in [3.63, 3.8) is 0 Å². The predicted octanol–water partition coefficient (Wildman–Crippen LogP) is 2.19. The second-order valence-electron chi connectivity index (χ2n) is 3.75. The van der Waals surface area contributed by atoms with Gasteiger partial charge in [-0.05, 0) is 38.1 Å². The molecule has 0 unspecified atom stereocenters. The van der Waals surface area contributed by atoms with Crippen molar-refractivity contribution in [1.82, 2.24) is 0 Å². The Bertz CT molecular complexity index is 346. The summed E-state index contributed by atoms with van der Waals surface area (Å²) in [4.78, 5) is 11.3. The lowest BCUT2D eigenvalue weighted by Crippen LogP contribution is -2.41. The molecule has 15 heavy (non-hydrogen) atoms. The summed E-state index contributed by atoms with van der Waals surface area (Å²) in [6.07, 6.45) is 0. The number of nitrogens with one attached hydrogen (secondary N) is 1. The molecular formula is C11H14FNO2. The van der Waals surface area contributed by atoms with Crippen molar-refractivity contribution in [3.8, 4) is 0 Å². The number of hydrogen-bond donors (Lipinski definition) is 1. The molecular weight excluding hydrogens is 197 g/mol. The van der Waals surface area contributed by atoms with Crippen LogP contribution in [0.1, 0.15) is 13.8 Å². The molecule has 0 aromatic heterocycles. The van der Waals surface area contributed by atoms with Gasteiger partial charge in [0.15, 0.2) is 0 Å². The SMILES string of the molecule is COC(=O)C(C)(C)Nc1ccc(F)cc1. The lowest BCUT2D eigenvalue weighted by atomic mass is 10.1. The maximum absolute atomic E-state index is 12.6. The molecule has 0 radical (unpaired) electrons. The van der Waals surface area contributed by atoms with Crippen molar-refractivity contribution < 1.29 is 13.9 Å². The molecule has 0 saturated carbocycles. The van der Waals surface area contributed by atoms with Crippen LogP contribution in [0.3, 0.4) is 0 Å². The summed E-state index contributed by atoms with van der Waals surface area (Å²) < 4.78 is 17.3. The first-order valence-electron chi connectivity index (χ1n) is 4.58. The van der Waals surface area contributed by atoms with Crippen molar-refractivity contribution >= 4 is 11.7 Å². The van der Waals surface area contributed by atoms with E-state index in [-0.39, 0.29) is 11.8 Å². The Kier molecular flexibility index (Phi) is 3.29. The average Bonchev–Trinajstić information content (AvgIpc) is 2.20. The first-order chi connectivity index (χ1) is 6.95. The number of rotatable bonds is 3. The van der Waals surface area contributed by atoms with Gasteiger partial charge in [-0.1, -0.05) is 0 Å². The van der Waals surface area contributed by atoms with Gasteiger partial charge in [0.2, 0.25) is 0 Å². The zero-order valence-electron chi connectivity index (χ0n) is 9.00. The van der Waals surface area contributed by atoms with Crippen molar-refractivity contribution in [2.75, 3.05) is 12.4 Å². The zero-order chi connectivity index (χ0) is 11.5. The van der Waals surface area contributed by atoms with Crippen LogP contribution in [-0.4, -0.2) is 18.6 Å². The lowest BCUT2D eigenvalue weighted by molar-refractivity contribution is -0.144. The molecule has 1 aromatic carbocycles. The fraction of sp³-hybridized carbons (Fsp3) is 0.364. The van der Waals surface area contributed by atoms with Crippen molar-refractivity contribution in [2.24, 2.45) is 0 Å². The van der Waals surface area contributed by atoms with Gasteiger partial charge in [-0.25, -0.2) is 9.18 Å². The average molecular weight is 211 g/mol. The van der Waals surface area contributed by atoms with Crippen molar-refractivity contribution in [2.45, 2.75) is 19.4 Å². The number of esters is 1. The molecule has 0 aliphatic carbocycles. The largest absolute Gasteiger partial charge is 0.467 e. The van der Waals surface area contributed by atoms with E-state index in [0.717, 1.165) is 0 Å². The van der Waals surface area contributed by atoms with E-state index in [9.17, 15) is 9.18 Å². The third kappa shape index (κ3) is 2.94. The molecule has 82 valence electrons. The van der Waals surface area contributed by atoms with Crippen LogP contribution in [0.4, 0.5) is 10.1 Å². The Morgan fingerprint density at radius 2 is 1.87 bits per heavy atom. The van der Waals surface area contributed by atoms with Gasteiger partial charge in [-0.3, -0.25) is 0 Å². The molecule has 1 N–H and O–H groups in total. The summed E-state index contributed by atoms with van der Waals surface area (Å²) in [5.74, 6) is -0.678. The third-order valence-corrected chi connectivity index (χ3v) is 2.00. The van der Waals surface area contributed by atoms with E-state index in [4.69, 9.17) is 0 Å². The minimum Gasteiger partial charge on any atom is -0.467 e. The molecule has 0 amide bonds. The van der Waals surface area contributed by atoms with Crippen molar-refractivity contribution in [3.05, 3.63) is 30.1 Å². The number of hydrogen-bond acceptors (Lipinski definition) is 3. The van der Waals surface area contributed by atoms with Crippen LogP contribution in [0.5, 0.6) is 0 Å². The minimum absolute atomic E-state index is 0.309. The minimum atomic E-state index is -0.827. The Labute approximate surface area is 88.2 Å². The Hall–Kier alpha value is -1.58. The van der Waals surface area contributed by atoms with E-state index in [2.05, 4.69) is 10.1 Å². The highest BCUT2D eigenvalue weighted by atomic mass is 19.1. The normalized spacial score (nSPS) is 10.9. The molecule has 1 aromatic rings. The van der Waals surface area contributed by atoms with Crippen LogP contribution in [0.2, 0.25) is 0 Å². The van der Waals surface area contributed by atoms with Gasteiger partial charge < -0.3 is 10.1 Å². The fourth-order valence-electron chi connectivity index (χ4n) is 1.20. The molecule has 0 saturated heterocycles. The number of benzene rings is 1. The number of carbonyl (C=O) groups excluding carboxylic acids is 1. The van der Waals surface area contributed by atoms with Crippen LogP contribution in [0.25, 0.3) is 0 Å². The molecule has 1 rings (SSSR count). The first-order valence-corrected chi connectivity index (χ1v) is 4.58.